The first-order valence-corrected chi connectivity index (χ1v) is 12.9. The van der Waals surface area contributed by atoms with Gasteiger partial charge in [0.2, 0.25) is 5.91 Å². The quantitative estimate of drug-likeness (QED) is 0.536. The van der Waals surface area contributed by atoms with Gasteiger partial charge in [-0.05, 0) is 45.8 Å². The SMILES string of the molecule is O=C([C@@H](NS(=O)(=O)c1ccc(Br)s1)c1ccccc1)N1CCN(c2ccccc2)CC1. The Kier molecular flexibility index (Phi) is 6.76. The van der Waals surface area contributed by atoms with E-state index in [4.69, 9.17) is 0 Å². The van der Waals surface area contributed by atoms with Crippen molar-refractivity contribution < 1.29 is 13.2 Å². The highest BCUT2D eigenvalue weighted by Crippen LogP contribution is 2.28. The number of sulfonamides is 1. The van der Waals surface area contributed by atoms with Crippen molar-refractivity contribution in [3.63, 3.8) is 0 Å². The van der Waals surface area contributed by atoms with Crippen molar-refractivity contribution >= 4 is 48.9 Å². The van der Waals surface area contributed by atoms with E-state index in [2.05, 4.69) is 37.7 Å². The predicted octanol–water partition coefficient (Wildman–Crippen LogP) is 3.88. The lowest BCUT2D eigenvalue weighted by Crippen LogP contribution is -2.52. The zero-order chi connectivity index (χ0) is 21.8. The molecule has 2 heterocycles. The highest BCUT2D eigenvalue weighted by Gasteiger charge is 2.32. The largest absolute Gasteiger partial charge is 0.368 e. The first-order chi connectivity index (χ1) is 14.9. The monoisotopic (exact) mass is 519 g/mol. The first-order valence-electron chi connectivity index (χ1n) is 9.85. The number of thiophene rings is 1. The molecule has 0 unspecified atom stereocenters. The summed E-state index contributed by atoms with van der Waals surface area (Å²) in [6.45, 7) is 2.45. The second-order valence-corrected chi connectivity index (χ2v) is 11.6. The molecule has 1 aliphatic rings. The van der Waals surface area contributed by atoms with Gasteiger partial charge in [0.05, 0.1) is 3.79 Å². The summed E-state index contributed by atoms with van der Waals surface area (Å²) >= 11 is 4.41. The van der Waals surface area contributed by atoms with Gasteiger partial charge < -0.3 is 9.80 Å². The Morgan fingerprint density at radius 1 is 0.903 bits per heavy atom. The van der Waals surface area contributed by atoms with Crippen LogP contribution in [0.1, 0.15) is 11.6 Å². The van der Waals surface area contributed by atoms with Crippen molar-refractivity contribution in [2.24, 2.45) is 0 Å². The fourth-order valence-corrected chi connectivity index (χ4v) is 6.77. The van der Waals surface area contributed by atoms with Gasteiger partial charge in [-0.2, -0.15) is 4.72 Å². The number of carbonyl (C=O) groups excluding carboxylic acids is 1. The van der Waals surface area contributed by atoms with Gasteiger partial charge in [-0.3, -0.25) is 4.79 Å². The minimum absolute atomic E-state index is 0.169. The maximum Gasteiger partial charge on any atom is 0.251 e. The highest BCUT2D eigenvalue weighted by molar-refractivity contribution is 9.11. The predicted molar refractivity (Wildman–Crippen MR) is 127 cm³/mol. The van der Waals surface area contributed by atoms with Gasteiger partial charge in [0.1, 0.15) is 10.3 Å². The van der Waals surface area contributed by atoms with E-state index in [1.54, 1.807) is 35.2 Å². The summed E-state index contributed by atoms with van der Waals surface area (Å²) in [5.41, 5.74) is 1.75. The van der Waals surface area contributed by atoms with E-state index in [0.717, 1.165) is 17.0 Å². The topological polar surface area (TPSA) is 69.7 Å². The average Bonchev–Trinajstić information content (AvgIpc) is 3.26. The summed E-state index contributed by atoms with van der Waals surface area (Å²) in [4.78, 5) is 17.4. The van der Waals surface area contributed by atoms with Crippen molar-refractivity contribution in [2.75, 3.05) is 31.1 Å². The van der Waals surface area contributed by atoms with Gasteiger partial charge >= 0.3 is 0 Å². The van der Waals surface area contributed by atoms with Crippen LogP contribution in [0.25, 0.3) is 0 Å². The lowest BCUT2D eigenvalue weighted by atomic mass is 10.1. The highest BCUT2D eigenvalue weighted by atomic mass is 79.9. The number of anilines is 1. The molecule has 9 heteroatoms. The van der Waals surface area contributed by atoms with Crippen molar-refractivity contribution in [1.29, 1.82) is 0 Å². The molecule has 0 bridgehead atoms. The third-order valence-corrected chi connectivity index (χ3v) is 8.72. The van der Waals surface area contributed by atoms with Gasteiger partial charge in [-0.1, -0.05) is 48.5 Å². The molecule has 31 heavy (non-hydrogen) atoms. The Labute approximate surface area is 194 Å². The van der Waals surface area contributed by atoms with E-state index >= 15 is 0 Å². The second kappa shape index (κ2) is 9.52. The van der Waals surface area contributed by atoms with E-state index in [0.29, 0.717) is 35.5 Å². The van der Waals surface area contributed by atoms with Gasteiger partial charge in [-0.15, -0.1) is 11.3 Å². The van der Waals surface area contributed by atoms with Crippen LogP contribution in [0.5, 0.6) is 0 Å². The number of amides is 1. The summed E-state index contributed by atoms with van der Waals surface area (Å²) < 4.78 is 29.4. The molecule has 3 aromatic rings. The Morgan fingerprint density at radius 3 is 2.10 bits per heavy atom. The molecule has 1 aliphatic heterocycles. The summed E-state index contributed by atoms with van der Waals surface area (Å²) in [6.07, 6.45) is 0. The number of para-hydroxylation sites is 1. The lowest BCUT2D eigenvalue weighted by molar-refractivity contribution is -0.133. The molecule has 6 nitrogen and oxygen atoms in total. The van der Waals surface area contributed by atoms with Crippen LogP contribution in [0.15, 0.2) is 80.8 Å². The maximum absolute atomic E-state index is 13.4. The van der Waals surface area contributed by atoms with Crippen molar-refractivity contribution in [1.82, 2.24) is 9.62 Å². The molecule has 1 aromatic heterocycles. The fraction of sp³-hybridized carbons (Fsp3) is 0.227. The van der Waals surface area contributed by atoms with Crippen LogP contribution in [-0.2, 0) is 14.8 Å². The standard InChI is InChI=1S/C22H22BrN3O3S2/c23-19-11-12-20(30-19)31(28,29)24-21(17-7-3-1-4-8-17)22(27)26-15-13-25(14-16-26)18-9-5-2-6-10-18/h1-12,21,24H,13-16H2/t21-/m0/s1. The van der Waals surface area contributed by atoms with Crippen LogP contribution in [-0.4, -0.2) is 45.4 Å². The summed E-state index contributed by atoms with van der Waals surface area (Å²) in [5, 5.41) is 0. The molecule has 162 valence electrons. The third-order valence-electron chi connectivity index (χ3n) is 5.18. The molecule has 1 atom stereocenters. The Hall–Kier alpha value is -2.20. The van der Waals surface area contributed by atoms with Crippen LogP contribution in [0.2, 0.25) is 0 Å². The van der Waals surface area contributed by atoms with Gasteiger partial charge in [0.15, 0.2) is 0 Å². The van der Waals surface area contributed by atoms with E-state index < -0.39 is 16.1 Å². The zero-order valence-corrected chi connectivity index (χ0v) is 19.9. The Morgan fingerprint density at radius 2 is 1.52 bits per heavy atom. The fourth-order valence-electron chi connectivity index (χ4n) is 3.57. The van der Waals surface area contributed by atoms with E-state index in [-0.39, 0.29) is 10.1 Å². The number of halogens is 1. The molecule has 1 fully saturated rings. The van der Waals surface area contributed by atoms with Crippen LogP contribution >= 0.6 is 27.3 Å². The number of carbonyl (C=O) groups is 1. The van der Waals surface area contributed by atoms with Gasteiger partial charge in [-0.25, -0.2) is 8.42 Å². The molecule has 1 saturated heterocycles. The van der Waals surface area contributed by atoms with Gasteiger partial charge in [0, 0.05) is 31.9 Å². The molecule has 1 N–H and O–H groups in total. The molecule has 0 saturated carbocycles. The smallest absolute Gasteiger partial charge is 0.251 e. The Balaban J connectivity index is 1.53. The molecular formula is C22H22BrN3O3S2. The molecule has 0 spiro atoms. The number of benzene rings is 2. The number of rotatable bonds is 6. The van der Waals surface area contributed by atoms with Crippen molar-refractivity contribution in [2.45, 2.75) is 10.3 Å². The number of piperazine rings is 1. The summed E-state index contributed by atoms with van der Waals surface area (Å²) in [7, 11) is -3.84. The normalized spacial score (nSPS) is 15.6. The molecular weight excluding hydrogens is 498 g/mol. The molecule has 2 aromatic carbocycles. The average molecular weight is 520 g/mol. The minimum Gasteiger partial charge on any atom is -0.368 e. The summed E-state index contributed by atoms with van der Waals surface area (Å²) in [6, 6.07) is 21.3. The van der Waals surface area contributed by atoms with Crippen molar-refractivity contribution in [3.05, 3.63) is 82.1 Å². The maximum atomic E-state index is 13.4. The number of hydrogen-bond acceptors (Lipinski definition) is 5. The first kappa shape index (κ1) is 22.0. The van der Waals surface area contributed by atoms with Crippen LogP contribution in [0.4, 0.5) is 5.69 Å². The number of hydrogen-bond donors (Lipinski definition) is 1. The molecule has 4 rings (SSSR count). The lowest BCUT2D eigenvalue weighted by Gasteiger charge is -2.37. The van der Waals surface area contributed by atoms with Crippen LogP contribution in [0, 0.1) is 0 Å². The van der Waals surface area contributed by atoms with E-state index in [9.17, 15) is 13.2 Å². The zero-order valence-electron chi connectivity index (χ0n) is 16.6. The van der Waals surface area contributed by atoms with Crippen LogP contribution < -0.4 is 9.62 Å². The molecule has 1 amide bonds. The third kappa shape index (κ3) is 5.17. The second-order valence-electron chi connectivity index (χ2n) is 7.17. The van der Waals surface area contributed by atoms with E-state index in [1.165, 1.54) is 6.07 Å². The van der Waals surface area contributed by atoms with Gasteiger partial charge in [0.25, 0.3) is 10.0 Å². The van der Waals surface area contributed by atoms with E-state index in [1.807, 2.05) is 24.3 Å². The van der Waals surface area contributed by atoms with Crippen molar-refractivity contribution in [3.8, 4) is 0 Å². The number of nitrogens with zero attached hydrogens (tertiary/aromatic N) is 2. The molecule has 0 radical (unpaired) electrons. The number of nitrogens with one attached hydrogen (secondary N) is 1. The van der Waals surface area contributed by atoms with Crippen LogP contribution in [0.3, 0.4) is 0 Å². The minimum atomic E-state index is -3.84. The Bertz CT molecular complexity index is 1130. The summed E-state index contributed by atoms with van der Waals surface area (Å²) in [5.74, 6) is -0.238. The molecule has 0 aliphatic carbocycles.